The second-order valence-electron chi connectivity index (χ2n) is 5.83. The van der Waals surface area contributed by atoms with Gasteiger partial charge in [-0.1, -0.05) is 6.92 Å². The molecule has 20 heavy (non-hydrogen) atoms. The zero-order chi connectivity index (χ0) is 13.9. The van der Waals surface area contributed by atoms with Crippen LogP contribution < -0.4 is 0 Å². The molecule has 0 spiro atoms. The molecule has 0 aromatic carbocycles. The fraction of sp³-hybridized carbons (Fsp3) is 0.733. The van der Waals surface area contributed by atoms with E-state index in [2.05, 4.69) is 32.5 Å². The second kappa shape index (κ2) is 5.95. The molecule has 1 saturated carbocycles. The van der Waals surface area contributed by atoms with Crippen LogP contribution in [0.4, 0.5) is 0 Å². The number of aryl methyl sites for hydroxylation is 1. The lowest BCUT2D eigenvalue weighted by Gasteiger charge is -2.35. The van der Waals surface area contributed by atoms with E-state index in [9.17, 15) is 4.79 Å². The maximum absolute atomic E-state index is 12.0. The number of aromatic nitrogens is 2. The van der Waals surface area contributed by atoms with Crippen molar-refractivity contribution in [3.05, 3.63) is 18.2 Å². The average molecular weight is 276 g/mol. The Hall–Kier alpha value is -1.36. The summed E-state index contributed by atoms with van der Waals surface area (Å²) in [7, 11) is 0. The molecule has 0 bridgehead atoms. The molecule has 110 valence electrons. The van der Waals surface area contributed by atoms with Gasteiger partial charge in [-0.25, -0.2) is 4.98 Å². The average Bonchev–Trinajstić information content (AvgIpc) is 3.24. The van der Waals surface area contributed by atoms with Crippen molar-refractivity contribution in [3.8, 4) is 0 Å². The minimum absolute atomic E-state index is 0.361. The van der Waals surface area contributed by atoms with Gasteiger partial charge in [0.1, 0.15) is 5.82 Å². The predicted octanol–water partition coefficient (Wildman–Crippen LogP) is 1.000. The predicted molar refractivity (Wildman–Crippen MR) is 77.3 cm³/mol. The molecule has 1 aromatic rings. The third kappa shape index (κ3) is 3.03. The van der Waals surface area contributed by atoms with Crippen molar-refractivity contribution in [2.75, 3.05) is 32.7 Å². The van der Waals surface area contributed by atoms with Gasteiger partial charge in [-0.3, -0.25) is 9.69 Å². The summed E-state index contributed by atoms with van der Waals surface area (Å²) in [6.45, 7) is 8.01. The van der Waals surface area contributed by atoms with Gasteiger partial charge in [-0.15, -0.1) is 0 Å². The van der Waals surface area contributed by atoms with Crippen LogP contribution >= 0.6 is 0 Å². The Morgan fingerprint density at radius 3 is 2.65 bits per heavy atom. The maximum atomic E-state index is 12.0. The number of hydrogen-bond acceptors (Lipinski definition) is 3. The summed E-state index contributed by atoms with van der Waals surface area (Å²) >= 11 is 0. The highest BCUT2D eigenvalue weighted by atomic mass is 16.2. The second-order valence-corrected chi connectivity index (χ2v) is 5.83. The number of amides is 1. The number of rotatable bonds is 5. The van der Waals surface area contributed by atoms with Crippen molar-refractivity contribution < 1.29 is 4.79 Å². The summed E-state index contributed by atoms with van der Waals surface area (Å²) in [6.07, 6.45) is 7.15. The van der Waals surface area contributed by atoms with Gasteiger partial charge in [0, 0.05) is 64.0 Å². The van der Waals surface area contributed by atoms with Crippen LogP contribution in [0.1, 0.15) is 25.6 Å². The van der Waals surface area contributed by atoms with Gasteiger partial charge in [0.2, 0.25) is 5.91 Å². The lowest BCUT2D eigenvalue weighted by molar-refractivity contribution is -0.134. The van der Waals surface area contributed by atoms with E-state index in [0.717, 1.165) is 64.4 Å². The smallest absolute Gasteiger partial charge is 0.225 e. The molecule has 5 nitrogen and oxygen atoms in total. The molecule has 1 aliphatic carbocycles. The Labute approximate surface area is 120 Å². The van der Waals surface area contributed by atoms with Gasteiger partial charge >= 0.3 is 0 Å². The van der Waals surface area contributed by atoms with Crippen molar-refractivity contribution in [1.82, 2.24) is 19.4 Å². The summed E-state index contributed by atoms with van der Waals surface area (Å²) in [5, 5.41) is 0. The normalized spacial score (nSPS) is 20.4. The monoisotopic (exact) mass is 276 g/mol. The molecule has 2 heterocycles. The summed E-state index contributed by atoms with van der Waals surface area (Å²) in [5.41, 5.74) is 0. The molecule has 1 saturated heterocycles. The number of carbonyl (C=O) groups excluding carboxylic acids is 1. The van der Waals surface area contributed by atoms with Gasteiger partial charge in [0.15, 0.2) is 0 Å². The molecular weight excluding hydrogens is 252 g/mol. The number of piperazine rings is 1. The quantitative estimate of drug-likeness (QED) is 0.805. The van der Waals surface area contributed by atoms with Crippen LogP contribution in [0.2, 0.25) is 0 Å². The van der Waals surface area contributed by atoms with Gasteiger partial charge in [-0.05, 0) is 12.8 Å². The first-order valence-electron chi connectivity index (χ1n) is 7.79. The number of imidazole rings is 1. The molecule has 0 unspecified atom stereocenters. The summed E-state index contributed by atoms with van der Waals surface area (Å²) in [5.74, 6) is 1.92. The van der Waals surface area contributed by atoms with Gasteiger partial charge in [0.25, 0.3) is 0 Å². The standard InChI is InChI=1S/C15H24N4O/c1-2-14-16-5-6-18(14)10-7-17-8-11-19(12-9-17)15(20)13-3-4-13/h5-6,13H,2-4,7-12H2,1H3. The van der Waals surface area contributed by atoms with E-state index >= 15 is 0 Å². The van der Waals surface area contributed by atoms with E-state index < -0.39 is 0 Å². The molecule has 0 atom stereocenters. The van der Waals surface area contributed by atoms with Crippen molar-refractivity contribution >= 4 is 5.91 Å². The van der Waals surface area contributed by atoms with Crippen LogP contribution in [0.15, 0.2) is 12.4 Å². The third-order valence-electron chi connectivity index (χ3n) is 4.39. The van der Waals surface area contributed by atoms with Crippen LogP contribution in [-0.2, 0) is 17.8 Å². The van der Waals surface area contributed by atoms with Crippen LogP contribution in [0, 0.1) is 5.92 Å². The summed E-state index contributed by atoms with van der Waals surface area (Å²) in [6, 6.07) is 0. The van der Waals surface area contributed by atoms with Crippen LogP contribution in [-0.4, -0.2) is 58.0 Å². The Morgan fingerprint density at radius 1 is 1.25 bits per heavy atom. The topological polar surface area (TPSA) is 41.4 Å². The van der Waals surface area contributed by atoms with Gasteiger partial charge in [-0.2, -0.15) is 0 Å². The van der Waals surface area contributed by atoms with E-state index in [1.54, 1.807) is 0 Å². The molecule has 1 aliphatic heterocycles. The Kier molecular flexibility index (Phi) is 4.05. The number of nitrogens with zero attached hydrogens (tertiary/aromatic N) is 4. The van der Waals surface area contributed by atoms with Crippen LogP contribution in [0.3, 0.4) is 0 Å². The molecule has 1 aromatic heterocycles. The lowest BCUT2D eigenvalue weighted by atomic mass is 10.2. The van der Waals surface area contributed by atoms with Gasteiger partial charge < -0.3 is 9.47 Å². The molecule has 2 fully saturated rings. The van der Waals surface area contributed by atoms with E-state index in [-0.39, 0.29) is 0 Å². The largest absolute Gasteiger partial charge is 0.340 e. The third-order valence-corrected chi connectivity index (χ3v) is 4.39. The Morgan fingerprint density at radius 2 is 2.00 bits per heavy atom. The maximum Gasteiger partial charge on any atom is 0.225 e. The molecule has 5 heteroatoms. The lowest BCUT2D eigenvalue weighted by Crippen LogP contribution is -2.49. The fourth-order valence-electron chi connectivity index (χ4n) is 2.89. The van der Waals surface area contributed by atoms with E-state index in [4.69, 9.17) is 0 Å². The number of carbonyl (C=O) groups is 1. The summed E-state index contributed by atoms with van der Waals surface area (Å²) < 4.78 is 2.24. The Balaban J connectivity index is 1.43. The van der Waals surface area contributed by atoms with Crippen LogP contribution in [0.5, 0.6) is 0 Å². The highest BCUT2D eigenvalue weighted by Gasteiger charge is 2.34. The van der Waals surface area contributed by atoms with Crippen molar-refractivity contribution in [3.63, 3.8) is 0 Å². The fourth-order valence-corrected chi connectivity index (χ4v) is 2.89. The highest BCUT2D eigenvalue weighted by molar-refractivity contribution is 5.81. The first kappa shape index (κ1) is 13.6. The Bertz CT molecular complexity index is 458. The van der Waals surface area contributed by atoms with E-state index in [0.29, 0.717) is 11.8 Å². The zero-order valence-electron chi connectivity index (χ0n) is 12.3. The molecule has 2 aliphatic rings. The molecule has 0 radical (unpaired) electrons. The first-order chi connectivity index (χ1) is 9.78. The van der Waals surface area contributed by atoms with Gasteiger partial charge in [0.05, 0.1) is 0 Å². The van der Waals surface area contributed by atoms with Crippen LogP contribution in [0.25, 0.3) is 0 Å². The highest BCUT2D eigenvalue weighted by Crippen LogP contribution is 2.31. The molecule has 3 rings (SSSR count). The summed E-state index contributed by atoms with van der Waals surface area (Å²) in [4.78, 5) is 20.9. The first-order valence-corrected chi connectivity index (χ1v) is 7.79. The van der Waals surface area contributed by atoms with E-state index in [1.165, 1.54) is 0 Å². The molecule has 0 N–H and O–H groups in total. The zero-order valence-corrected chi connectivity index (χ0v) is 12.3. The molecule has 1 amide bonds. The number of hydrogen-bond donors (Lipinski definition) is 0. The van der Waals surface area contributed by atoms with Crippen molar-refractivity contribution in [2.45, 2.75) is 32.7 Å². The molecular formula is C15H24N4O. The van der Waals surface area contributed by atoms with Crippen molar-refractivity contribution in [1.29, 1.82) is 0 Å². The van der Waals surface area contributed by atoms with E-state index in [1.807, 2.05) is 6.20 Å². The minimum atomic E-state index is 0.361. The minimum Gasteiger partial charge on any atom is -0.340 e. The van der Waals surface area contributed by atoms with Crippen molar-refractivity contribution in [2.24, 2.45) is 5.92 Å². The SMILES string of the molecule is CCc1nccn1CCN1CCN(C(=O)C2CC2)CC1.